The van der Waals surface area contributed by atoms with Crippen molar-refractivity contribution < 1.29 is 24.5 Å². The molecule has 1 aromatic carbocycles. The average Bonchev–Trinajstić information content (AvgIpc) is 3.78. The van der Waals surface area contributed by atoms with Crippen LogP contribution >= 0.6 is 11.6 Å². The molecule has 0 bridgehead atoms. The Kier molecular flexibility index (Phi) is 6.18. The molecule has 7 rings (SSSR count). The first-order valence-electron chi connectivity index (χ1n) is 13.2. The number of aliphatic hydroxyl groups excluding tert-OH is 1. The van der Waals surface area contributed by atoms with Gasteiger partial charge < -0.3 is 24.6 Å². The molecule has 0 unspecified atom stereocenters. The Hall–Kier alpha value is -3.65. The number of nitrogens with zero attached hydrogens (tertiary/aromatic N) is 7. The lowest BCUT2D eigenvalue weighted by Gasteiger charge is -2.28. The van der Waals surface area contributed by atoms with Gasteiger partial charge in [-0.15, -0.1) is 5.10 Å². The number of hydrogen-bond acceptors (Lipinski definition) is 11. The highest BCUT2D eigenvalue weighted by atomic mass is 35.5. The van der Waals surface area contributed by atoms with Gasteiger partial charge in [0.2, 0.25) is 5.28 Å². The normalized spacial score (nSPS) is 29.8. The molecule has 3 N–H and O–H groups in total. The van der Waals surface area contributed by atoms with E-state index in [9.17, 15) is 15.0 Å². The first-order chi connectivity index (χ1) is 19.4. The summed E-state index contributed by atoms with van der Waals surface area (Å²) >= 11 is 6.38. The van der Waals surface area contributed by atoms with E-state index < -0.39 is 30.0 Å². The molecule has 1 saturated carbocycles. The van der Waals surface area contributed by atoms with Crippen LogP contribution in [-0.4, -0.2) is 83.2 Å². The van der Waals surface area contributed by atoms with E-state index in [1.54, 1.807) is 36.5 Å². The fourth-order valence-corrected chi connectivity index (χ4v) is 6.52. The van der Waals surface area contributed by atoms with Crippen molar-refractivity contribution in [3.05, 3.63) is 59.3 Å². The maximum Gasteiger partial charge on any atom is 0.338 e. The number of halogens is 1. The Morgan fingerprint density at radius 3 is 2.70 bits per heavy atom. The predicted octanol–water partition coefficient (Wildman–Crippen LogP) is 1.84. The second-order valence-corrected chi connectivity index (χ2v) is 10.9. The van der Waals surface area contributed by atoms with Gasteiger partial charge >= 0.3 is 5.97 Å². The number of hydrogen-bond donors (Lipinski definition) is 3. The van der Waals surface area contributed by atoms with Crippen LogP contribution in [0.2, 0.25) is 5.28 Å². The standard InChI is InChI=1S/C26H27ClN8O5/c27-25-30-21(34-11-15-7-4-8-16(15)12-34)17-9-29-35(22(17)31-25)23-20(36)26(38,18-10-28-33-32-18)19(40-23)13-39-24(37)14-5-2-1-3-6-14/h1-3,5-6,9-10,15-16,19-20,23,36,38H,4,7-8,11-13H2,(H,28,32,33)/t15-,16+,19-,20+,23-,26-/m1/s1. The van der Waals surface area contributed by atoms with E-state index in [2.05, 4.69) is 35.4 Å². The fourth-order valence-electron chi connectivity index (χ4n) is 6.35. The van der Waals surface area contributed by atoms with E-state index in [-0.39, 0.29) is 17.6 Å². The maximum absolute atomic E-state index is 12.6. The number of rotatable bonds is 6. The van der Waals surface area contributed by atoms with Crippen LogP contribution in [-0.2, 0) is 15.1 Å². The van der Waals surface area contributed by atoms with Gasteiger partial charge in [-0.1, -0.05) is 29.8 Å². The molecule has 3 aromatic heterocycles. The molecule has 2 aliphatic heterocycles. The molecular formula is C26H27ClN8O5. The van der Waals surface area contributed by atoms with Crippen LogP contribution < -0.4 is 4.90 Å². The molecule has 2 saturated heterocycles. The van der Waals surface area contributed by atoms with Gasteiger partial charge in [-0.2, -0.15) is 15.1 Å². The van der Waals surface area contributed by atoms with Crippen molar-refractivity contribution in [1.82, 2.24) is 35.2 Å². The summed E-state index contributed by atoms with van der Waals surface area (Å²) in [6.07, 6.45) is 2.64. The minimum atomic E-state index is -2.08. The molecule has 3 aliphatic rings. The highest BCUT2D eigenvalue weighted by Crippen LogP contribution is 2.45. The van der Waals surface area contributed by atoms with Gasteiger partial charge in [-0.25, -0.2) is 9.48 Å². The third kappa shape index (κ3) is 4.03. The van der Waals surface area contributed by atoms with Crippen LogP contribution in [0, 0.1) is 11.8 Å². The lowest BCUT2D eigenvalue weighted by atomic mass is 9.89. The number of nitrogens with one attached hydrogen (secondary N) is 1. The lowest BCUT2D eigenvalue weighted by Crippen LogP contribution is -2.47. The van der Waals surface area contributed by atoms with Crippen molar-refractivity contribution in [2.75, 3.05) is 24.6 Å². The molecule has 0 spiro atoms. The summed E-state index contributed by atoms with van der Waals surface area (Å²) in [5.41, 5.74) is -1.37. The number of benzene rings is 1. The van der Waals surface area contributed by atoms with Gasteiger partial charge in [-0.05, 0) is 48.4 Å². The molecular weight excluding hydrogens is 540 g/mol. The van der Waals surface area contributed by atoms with Crippen LogP contribution in [0.25, 0.3) is 11.0 Å². The number of aromatic amines is 1. The number of H-pyrrole nitrogens is 1. The quantitative estimate of drug-likeness (QED) is 0.230. The number of esters is 1. The SMILES string of the molecule is O=C(OC[C@H]1O[C@@H](n2ncc3c(N4C[C@H]5CCC[C@H]5C4)nc(Cl)nc32)[C@H](O)[C@@]1(O)c1c[nH]nn1)c1ccccc1. The van der Waals surface area contributed by atoms with Crippen LogP contribution in [0.1, 0.15) is 41.5 Å². The van der Waals surface area contributed by atoms with Crippen molar-refractivity contribution in [3.8, 4) is 0 Å². The number of anilines is 1. The third-order valence-electron chi connectivity index (χ3n) is 8.39. The van der Waals surface area contributed by atoms with Crippen molar-refractivity contribution >= 4 is 34.4 Å². The van der Waals surface area contributed by atoms with Gasteiger partial charge in [0.15, 0.2) is 17.5 Å². The highest BCUT2D eigenvalue weighted by Gasteiger charge is 2.59. The third-order valence-corrected chi connectivity index (χ3v) is 8.56. The number of fused-ring (bicyclic) bond motifs is 2. The van der Waals surface area contributed by atoms with E-state index in [1.807, 2.05) is 0 Å². The van der Waals surface area contributed by atoms with Gasteiger partial charge in [0.05, 0.1) is 17.1 Å². The molecule has 3 fully saturated rings. The average molecular weight is 567 g/mol. The predicted molar refractivity (Wildman–Crippen MR) is 140 cm³/mol. The molecule has 14 heteroatoms. The van der Waals surface area contributed by atoms with Crippen LogP contribution in [0.4, 0.5) is 5.82 Å². The zero-order chi connectivity index (χ0) is 27.4. The van der Waals surface area contributed by atoms with Crippen molar-refractivity contribution in [2.24, 2.45) is 11.8 Å². The van der Waals surface area contributed by atoms with E-state index in [1.165, 1.54) is 30.1 Å². The zero-order valence-corrected chi connectivity index (χ0v) is 22.1. The molecule has 40 heavy (non-hydrogen) atoms. The van der Waals surface area contributed by atoms with E-state index >= 15 is 0 Å². The number of aromatic nitrogens is 7. The summed E-state index contributed by atoms with van der Waals surface area (Å²) in [4.78, 5) is 23.8. The maximum atomic E-state index is 12.6. The van der Waals surface area contributed by atoms with Crippen LogP contribution in [0.3, 0.4) is 0 Å². The summed E-state index contributed by atoms with van der Waals surface area (Å²) in [5.74, 6) is 1.35. The molecule has 0 radical (unpaired) electrons. The Bertz CT molecular complexity index is 1520. The summed E-state index contributed by atoms with van der Waals surface area (Å²) in [6.45, 7) is 1.41. The second kappa shape index (κ2) is 9.77. The zero-order valence-electron chi connectivity index (χ0n) is 21.3. The second-order valence-electron chi connectivity index (χ2n) is 10.6. The minimum absolute atomic E-state index is 0.0247. The molecule has 1 aliphatic carbocycles. The van der Waals surface area contributed by atoms with Crippen molar-refractivity contribution in [1.29, 1.82) is 0 Å². The molecule has 4 aromatic rings. The number of aliphatic hydroxyl groups is 2. The minimum Gasteiger partial charge on any atom is -0.459 e. The summed E-state index contributed by atoms with van der Waals surface area (Å²) in [6, 6.07) is 8.44. The van der Waals surface area contributed by atoms with Gasteiger partial charge in [0.25, 0.3) is 0 Å². The van der Waals surface area contributed by atoms with E-state index in [0.717, 1.165) is 13.1 Å². The molecule has 13 nitrogen and oxygen atoms in total. The fraction of sp³-hybridized carbons (Fsp3) is 0.462. The summed E-state index contributed by atoms with van der Waals surface area (Å²) in [7, 11) is 0. The monoisotopic (exact) mass is 566 g/mol. The topological polar surface area (TPSA) is 164 Å². The molecule has 6 atom stereocenters. The van der Waals surface area contributed by atoms with Gasteiger partial charge in [-0.3, -0.25) is 5.10 Å². The van der Waals surface area contributed by atoms with Crippen molar-refractivity contribution in [2.45, 2.75) is 43.3 Å². The van der Waals surface area contributed by atoms with Gasteiger partial charge in [0, 0.05) is 19.3 Å². The smallest absolute Gasteiger partial charge is 0.338 e. The molecule has 0 amide bonds. The Morgan fingerprint density at radius 2 is 1.98 bits per heavy atom. The van der Waals surface area contributed by atoms with E-state index in [0.29, 0.717) is 34.3 Å². The van der Waals surface area contributed by atoms with E-state index in [4.69, 9.17) is 21.1 Å². The first kappa shape index (κ1) is 25.3. The van der Waals surface area contributed by atoms with Gasteiger partial charge in [0.1, 0.15) is 30.3 Å². The molecule has 5 heterocycles. The highest BCUT2D eigenvalue weighted by molar-refractivity contribution is 6.28. The molecule has 208 valence electrons. The summed E-state index contributed by atoms with van der Waals surface area (Å²) < 4.78 is 13.0. The number of carbonyl (C=O) groups excluding carboxylic acids is 1. The Balaban J connectivity index is 1.21. The number of ether oxygens (including phenoxy) is 2. The number of carbonyl (C=O) groups is 1. The largest absolute Gasteiger partial charge is 0.459 e. The van der Waals surface area contributed by atoms with Crippen molar-refractivity contribution in [3.63, 3.8) is 0 Å². The summed E-state index contributed by atoms with van der Waals surface area (Å²) in [5, 5.41) is 38.6. The van der Waals surface area contributed by atoms with Crippen LogP contribution in [0.5, 0.6) is 0 Å². The Morgan fingerprint density at radius 1 is 1.20 bits per heavy atom. The Labute approximate surface area is 233 Å². The van der Waals surface area contributed by atoms with Crippen LogP contribution in [0.15, 0.2) is 42.7 Å². The lowest BCUT2D eigenvalue weighted by molar-refractivity contribution is -0.103. The first-order valence-corrected chi connectivity index (χ1v) is 13.6.